The lowest BCUT2D eigenvalue weighted by Crippen LogP contribution is -2.21. The van der Waals surface area contributed by atoms with Crippen LogP contribution >= 0.6 is 0 Å². The number of allylic oxidation sites excluding steroid dienone is 1. The number of benzene rings is 2. The van der Waals surface area contributed by atoms with E-state index in [0.29, 0.717) is 12.4 Å². The van der Waals surface area contributed by atoms with E-state index in [4.69, 9.17) is 4.74 Å². The minimum atomic E-state index is -0.0952. The van der Waals surface area contributed by atoms with Gasteiger partial charge in [0.05, 0.1) is 5.52 Å². The summed E-state index contributed by atoms with van der Waals surface area (Å²) in [6.07, 6.45) is 2.07. The Hall–Kier alpha value is -2.81. The van der Waals surface area contributed by atoms with Crippen molar-refractivity contribution in [2.24, 2.45) is 7.05 Å². The van der Waals surface area contributed by atoms with Crippen LogP contribution < -0.4 is 10.3 Å². The quantitative estimate of drug-likeness (QED) is 0.629. The van der Waals surface area contributed by atoms with Crippen LogP contribution in [0.1, 0.15) is 23.6 Å². The SMILES string of the molecule is C/C1=C/c2c(c(=O)n(C)c3ccccc23)OCc2ccccc21. The molecule has 0 saturated carbocycles. The Labute approximate surface area is 134 Å². The van der Waals surface area contributed by atoms with Crippen molar-refractivity contribution < 1.29 is 4.74 Å². The predicted octanol–water partition coefficient (Wildman–Crippen LogP) is 3.99. The van der Waals surface area contributed by atoms with Crippen LogP contribution in [0.2, 0.25) is 0 Å². The standard InChI is InChI=1S/C20H17NO2/c1-13-11-17-16-9-5-6-10-18(16)21(2)20(22)19(17)23-12-14-7-3-4-8-15(13)14/h3-11H,12H2,1-2H3/b13-11-. The van der Waals surface area contributed by atoms with Gasteiger partial charge in [-0.3, -0.25) is 4.79 Å². The van der Waals surface area contributed by atoms with Gasteiger partial charge in [-0.2, -0.15) is 0 Å². The smallest absolute Gasteiger partial charge is 0.293 e. The summed E-state index contributed by atoms with van der Waals surface area (Å²) in [5.74, 6) is 0.431. The predicted molar refractivity (Wildman–Crippen MR) is 93.5 cm³/mol. The molecule has 0 radical (unpaired) electrons. The van der Waals surface area contributed by atoms with Crippen LogP contribution in [0.5, 0.6) is 5.75 Å². The number of nitrogens with zero attached hydrogens (tertiary/aromatic N) is 1. The summed E-state index contributed by atoms with van der Waals surface area (Å²) in [6, 6.07) is 16.1. The van der Waals surface area contributed by atoms with Crippen LogP contribution in [-0.4, -0.2) is 4.57 Å². The molecular weight excluding hydrogens is 286 g/mol. The molecular formula is C20H17NO2. The molecule has 23 heavy (non-hydrogen) atoms. The fraction of sp³-hybridized carbons (Fsp3) is 0.150. The average molecular weight is 303 g/mol. The molecule has 0 spiro atoms. The lowest BCUT2D eigenvalue weighted by Gasteiger charge is -2.19. The van der Waals surface area contributed by atoms with Gasteiger partial charge in [-0.1, -0.05) is 42.5 Å². The Balaban J connectivity index is 2.11. The molecule has 0 bridgehead atoms. The number of pyridine rings is 1. The van der Waals surface area contributed by atoms with Crippen molar-refractivity contribution in [1.82, 2.24) is 4.57 Å². The highest BCUT2D eigenvalue weighted by Crippen LogP contribution is 2.32. The summed E-state index contributed by atoms with van der Waals surface area (Å²) in [7, 11) is 1.79. The van der Waals surface area contributed by atoms with Crippen molar-refractivity contribution in [2.45, 2.75) is 13.5 Å². The maximum atomic E-state index is 12.7. The molecule has 0 amide bonds. The molecule has 1 aliphatic heterocycles. The molecule has 3 nitrogen and oxygen atoms in total. The van der Waals surface area contributed by atoms with Gasteiger partial charge in [-0.25, -0.2) is 0 Å². The average Bonchev–Trinajstić information content (AvgIpc) is 2.57. The third-order valence-corrected chi connectivity index (χ3v) is 4.47. The number of para-hydroxylation sites is 1. The van der Waals surface area contributed by atoms with E-state index in [-0.39, 0.29) is 5.56 Å². The van der Waals surface area contributed by atoms with E-state index in [0.717, 1.165) is 27.6 Å². The number of rotatable bonds is 0. The second kappa shape index (κ2) is 5.13. The molecule has 0 N–H and O–H groups in total. The molecule has 0 fully saturated rings. The normalized spacial score (nSPS) is 15.7. The van der Waals surface area contributed by atoms with E-state index >= 15 is 0 Å². The van der Waals surface area contributed by atoms with Crippen LogP contribution in [0.4, 0.5) is 0 Å². The Morgan fingerprint density at radius 1 is 1.04 bits per heavy atom. The molecule has 0 atom stereocenters. The maximum Gasteiger partial charge on any atom is 0.293 e. The fourth-order valence-electron chi connectivity index (χ4n) is 3.25. The van der Waals surface area contributed by atoms with Gasteiger partial charge in [-0.05, 0) is 35.8 Å². The van der Waals surface area contributed by atoms with Crippen LogP contribution in [0, 0.1) is 0 Å². The van der Waals surface area contributed by atoms with Crippen molar-refractivity contribution in [1.29, 1.82) is 0 Å². The second-order valence-corrected chi connectivity index (χ2v) is 5.90. The number of ether oxygens (including phenoxy) is 1. The summed E-state index contributed by atoms with van der Waals surface area (Å²) in [5, 5.41) is 1.03. The first kappa shape index (κ1) is 13.8. The molecule has 4 rings (SSSR count). The first-order valence-corrected chi connectivity index (χ1v) is 7.68. The number of aryl methyl sites for hydroxylation is 1. The minimum absolute atomic E-state index is 0.0952. The highest BCUT2D eigenvalue weighted by Gasteiger charge is 2.18. The molecule has 0 aliphatic carbocycles. The zero-order valence-electron chi connectivity index (χ0n) is 13.2. The van der Waals surface area contributed by atoms with E-state index in [2.05, 4.69) is 19.1 Å². The summed E-state index contributed by atoms with van der Waals surface area (Å²) in [6.45, 7) is 2.49. The van der Waals surface area contributed by atoms with Gasteiger partial charge in [0.2, 0.25) is 0 Å². The van der Waals surface area contributed by atoms with Gasteiger partial charge in [0.25, 0.3) is 5.56 Å². The van der Waals surface area contributed by atoms with E-state index in [1.807, 2.05) is 42.5 Å². The minimum Gasteiger partial charge on any atom is -0.483 e. The molecule has 3 heteroatoms. The first-order valence-electron chi connectivity index (χ1n) is 7.68. The second-order valence-electron chi connectivity index (χ2n) is 5.90. The molecule has 0 saturated heterocycles. The van der Waals surface area contributed by atoms with E-state index in [9.17, 15) is 4.79 Å². The Bertz CT molecular complexity index is 1010. The van der Waals surface area contributed by atoms with Crippen molar-refractivity contribution in [3.63, 3.8) is 0 Å². The summed E-state index contributed by atoms with van der Waals surface area (Å²) >= 11 is 0. The molecule has 114 valence electrons. The molecule has 0 unspecified atom stereocenters. The van der Waals surface area contributed by atoms with E-state index in [1.54, 1.807) is 11.6 Å². The van der Waals surface area contributed by atoms with Gasteiger partial charge < -0.3 is 9.30 Å². The van der Waals surface area contributed by atoms with Crippen molar-refractivity contribution in [3.05, 3.63) is 75.6 Å². The first-order chi connectivity index (χ1) is 11.2. The zero-order valence-corrected chi connectivity index (χ0v) is 13.2. The summed E-state index contributed by atoms with van der Waals surface area (Å²) in [4.78, 5) is 12.7. The van der Waals surface area contributed by atoms with Gasteiger partial charge in [-0.15, -0.1) is 0 Å². The largest absolute Gasteiger partial charge is 0.483 e. The molecule has 2 aromatic carbocycles. The molecule has 1 aliphatic rings. The third kappa shape index (κ3) is 2.08. The molecule has 1 aromatic heterocycles. The van der Waals surface area contributed by atoms with E-state index < -0.39 is 0 Å². The van der Waals surface area contributed by atoms with Crippen LogP contribution in [0.25, 0.3) is 22.6 Å². The lowest BCUT2D eigenvalue weighted by molar-refractivity contribution is 0.299. The van der Waals surface area contributed by atoms with Crippen LogP contribution in [0.15, 0.2) is 53.3 Å². The number of fused-ring (bicyclic) bond motifs is 4. The Morgan fingerprint density at radius 3 is 2.65 bits per heavy atom. The van der Waals surface area contributed by atoms with Crippen molar-refractivity contribution in [3.8, 4) is 5.75 Å². The lowest BCUT2D eigenvalue weighted by atomic mass is 9.96. The van der Waals surface area contributed by atoms with Crippen LogP contribution in [-0.2, 0) is 13.7 Å². The monoisotopic (exact) mass is 303 g/mol. The van der Waals surface area contributed by atoms with Gasteiger partial charge in [0.1, 0.15) is 6.61 Å². The Kier molecular flexibility index (Phi) is 3.08. The van der Waals surface area contributed by atoms with Gasteiger partial charge >= 0.3 is 0 Å². The zero-order chi connectivity index (χ0) is 16.0. The van der Waals surface area contributed by atoms with E-state index in [1.165, 1.54) is 5.56 Å². The van der Waals surface area contributed by atoms with Gasteiger partial charge in [0.15, 0.2) is 5.75 Å². The highest BCUT2D eigenvalue weighted by atomic mass is 16.5. The van der Waals surface area contributed by atoms with Crippen molar-refractivity contribution in [2.75, 3.05) is 0 Å². The number of hydrogen-bond donors (Lipinski definition) is 0. The summed E-state index contributed by atoms with van der Waals surface area (Å²) < 4.78 is 7.60. The number of aromatic nitrogens is 1. The van der Waals surface area contributed by atoms with Crippen molar-refractivity contribution >= 4 is 22.6 Å². The third-order valence-electron chi connectivity index (χ3n) is 4.47. The fourth-order valence-corrected chi connectivity index (χ4v) is 3.25. The summed E-state index contributed by atoms with van der Waals surface area (Å²) in [5.41, 5.74) is 5.10. The van der Waals surface area contributed by atoms with Crippen LogP contribution in [0.3, 0.4) is 0 Å². The molecule has 3 aromatic rings. The molecule has 2 heterocycles. The highest BCUT2D eigenvalue weighted by molar-refractivity contribution is 5.96. The van der Waals surface area contributed by atoms with Gasteiger partial charge in [0, 0.05) is 18.0 Å². The topological polar surface area (TPSA) is 31.2 Å². The maximum absolute atomic E-state index is 12.7. The number of hydrogen-bond acceptors (Lipinski definition) is 2. The Morgan fingerprint density at radius 2 is 1.78 bits per heavy atom.